The standard InChI is InChI=1S/C52H98N16O13.H2O4S/c1-27(2)11-9-10-12-40(71)60-33(13-19-53)49(78)68-42(31(8)70)52(81)65-36(16-22-56)46(75)64-38-18-24-58-51(80)41(30(7)69)67-50(79)37(17-23-57)63-45(74)34(14-20-54)61-43(72)32(29(5)6)26-59-44(73)39(25-28(3)4)66-47(76)35(15-21-55)62-48(38)77;1-5(2,3)4/h27-39,41-42,69-70H,9-26,53-57H2,1-8H3,(H,58,80)(H,59,73)(H,60,71)(H,61,72)(H,62,77)(H,63,74)(H,64,75)(H,65,81)(H,66,76)(H,67,79)(H,68,78);(H2,1,2,3,4)/t30?,31-,32+,33-,34+,35+,36-,37+,38-,39-,41+,42+;/m1./s1. The lowest BCUT2D eigenvalue weighted by molar-refractivity contribution is -0.137. The maximum atomic E-state index is 14.4. The van der Waals surface area contributed by atoms with E-state index >= 15 is 0 Å². The monoisotopic (exact) mass is 1250 g/mol. The van der Waals surface area contributed by atoms with Crippen LogP contribution in [0.4, 0.5) is 0 Å². The number of hydrogen-bond donors (Lipinski definition) is 20. The first-order valence-corrected chi connectivity index (χ1v) is 30.4. The van der Waals surface area contributed by atoms with Crippen LogP contribution in [0.1, 0.15) is 126 Å². The molecule has 33 nitrogen and oxygen atoms in total. The normalized spacial score (nSPS) is 22.7. The number of amides is 11. The first-order valence-electron chi connectivity index (χ1n) is 29.0. The van der Waals surface area contributed by atoms with E-state index in [2.05, 4.69) is 72.3 Å². The van der Waals surface area contributed by atoms with Gasteiger partial charge in [0.25, 0.3) is 0 Å². The van der Waals surface area contributed by atoms with E-state index in [1.54, 1.807) is 27.7 Å². The van der Waals surface area contributed by atoms with Crippen LogP contribution in [0.3, 0.4) is 0 Å². The molecule has 86 heavy (non-hydrogen) atoms. The van der Waals surface area contributed by atoms with E-state index in [1.807, 2.05) is 0 Å². The van der Waals surface area contributed by atoms with Crippen LogP contribution >= 0.6 is 0 Å². The zero-order chi connectivity index (χ0) is 66.0. The van der Waals surface area contributed by atoms with Gasteiger partial charge in [0.05, 0.1) is 18.1 Å². The molecule has 1 aliphatic rings. The van der Waals surface area contributed by atoms with Gasteiger partial charge in [-0.15, -0.1) is 0 Å². The highest BCUT2D eigenvalue weighted by Gasteiger charge is 2.37. The lowest BCUT2D eigenvalue weighted by atomic mass is 9.93. The predicted octanol–water partition coefficient (Wildman–Crippen LogP) is -6.63. The summed E-state index contributed by atoms with van der Waals surface area (Å²) in [5.74, 6) is -10.3. The smallest absolute Gasteiger partial charge is 0.391 e. The first kappa shape index (κ1) is 79.8. The third-order valence-corrected chi connectivity index (χ3v) is 13.4. The second-order valence-corrected chi connectivity index (χ2v) is 23.1. The number of aliphatic hydroxyl groups excluding tert-OH is 2. The molecule has 0 aromatic rings. The zero-order valence-electron chi connectivity index (χ0n) is 50.8. The van der Waals surface area contributed by atoms with Crippen molar-refractivity contribution < 1.29 is 80.5 Å². The van der Waals surface area contributed by atoms with E-state index in [1.165, 1.54) is 13.8 Å². The quantitative estimate of drug-likeness (QED) is 0.0269. The molecule has 496 valence electrons. The summed E-state index contributed by atoms with van der Waals surface area (Å²) in [6.07, 6.45) is -1.74. The maximum Gasteiger partial charge on any atom is 0.394 e. The second-order valence-electron chi connectivity index (χ2n) is 22.2. The van der Waals surface area contributed by atoms with Crippen molar-refractivity contribution in [3.8, 4) is 0 Å². The molecule has 1 aliphatic heterocycles. The summed E-state index contributed by atoms with van der Waals surface area (Å²) in [4.78, 5) is 152. The molecule has 0 bridgehead atoms. The zero-order valence-corrected chi connectivity index (χ0v) is 51.6. The molecule has 1 fully saturated rings. The van der Waals surface area contributed by atoms with Crippen molar-refractivity contribution in [2.24, 2.45) is 52.3 Å². The minimum Gasteiger partial charge on any atom is -0.391 e. The van der Waals surface area contributed by atoms with Crippen molar-refractivity contribution in [2.75, 3.05) is 45.8 Å². The predicted molar refractivity (Wildman–Crippen MR) is 315 cm³/mol. The number of rotatable bonds is 27. The molecule has 1 unspecified atom stereocenters. The number of nitrogens with one attached hydrogen (secondary N) is 11. The summed E-state index contributed by atoms with van der Waals surface area (Å²) >= 11 is 0. The Bertz CT molecular complexity index is 2290. The summed E-state index contributed by atoms with van der Waals surface area (Å²) in [7, 11) is -4.67. The van der Waals surface area contributed by atoms with Crippen LogP contribution in [0.5, 0.6) is 0 Å². The van der Waals surface area contributed by atoms with Gasteiger partial charge in [0.2, 0.25) is 65.0 Å². The van der Waals surface area contributed by atoms with Crippen molar-refractivity contribution in [1.82, 2.24) is 58.5 Å². The van der Waals surface area contributed by atoms with Crippen molar-refractivity contribution in [2.45, 2.75) is 193 Å². The summed E-state index contributed by atoms with van der Waals surface area (Å²) < 4.78 is 31.6. The number of unbranched alkanes of at least 4 members (excludes halogenated alkanes) is 1. The Balaban J connectivity index is 0.0000138. The molecule has 1 rings (SSSR count). The molecular formula is C52H100N16O17S. The average Bonchev–Trinajstić information content (AvgIpc) is 2.30. The van der Waals surface area contributed by atoms with Crippen LogP contribution in [0.15, 0.2) is 0 Å². The van der Waals surface area contributed by atoms with Gasteiger partial charge in [-0.2, -0.15) is 8.42 Å². The number of carbonyl (C=O) groups is 11. The molecular weight excluding hydrogens is 1150 g/mol. The summed E-state index contributed by atoms with van der Waals surface area (Å²) in [5, 5.41) is 49.6. The van der Waals surface area contributed by atoms with Crippen LogP contribution in [-0.4, -0.2) is 205 Å². The largest absolute Gasteiger partial charge is 0.394 e. The lowest BCUT2D eigenvalue weighted by Gasteiger charge is -2.29. The topological polar surface area (TPSA) is 565 Å². The highest BCUT2D eigenvalue weighted by atomic mass is 32.3. The van der Waals surface area contributed by atoms with Gasteiger partial charge in [-0.05, 0) is 116 Å². The van der Waals surface area contributed by atoms with Crippen LogP contribution in [-0.2, 0) is 63.1 Å². The molecule has 0 aliphatic carbocycles. The highest BCUT2D eigenvalue weighted by molar-refractivity contribution is 7.79. The van der Waals surface area contributed by atoms with Gasteiger partial charge in [-0.25, -0.2) is 0 Å². The third kappa shape index (κ3) is 32.5. The van der Waals surface area contributed by atoms with E-state index < -0.39 is 167 Å². The van der Waals surface area contributed by atoms with E-state index in [-0.39, 0.29) is 90.1 Å². The van der Waals surface area contributed by atoms with Crippen molar-refractivity contribution in [3.63, 3.8) is 0 Å². The van der Waals surface area contributed by atoms with Crippen molar-refractivity contribution in [1.29, 1.82) is 0 Å². The van der Waals surface area contributed by atoms with Gasteiger partial charge < -0.3 is 97.4 Å². The number of carbonyl (C=O) groups excluding carboxylic acids is 11. The van der Waals surface area contributed by atoms with E-state index in [4.69, 9.17) is 46.2 Å². The fourth-order valence-corrected chi connectivity index (χ4v) is 8.62. The molecule has 0 spiro atoms. The molecule has 1 heterocycles. The summed E-state index contributed by atoms with van der Waals surface area (Å²) in [6.45, 7) is 12.3. The van der Waals surface area contributed by atoms with Gasteiger partial charge >= 0.3 is 10.4 Å². The van der Waals surface area contributed by atoms with Gasteiger partial charge in [-0.3, -0.25) is 61.8 Å². The Morgan fingerprint density at radius 2 is 1.02 bits per heavy atom. The minimum absolute atomic E-state index is 0.0128. The first-order chi connectivity index (χ1) is 40.1. The summed E-state index contributed by atoms with van der Waals surface area (Å²) in [5.41, 5.74) is 29.2. The van der Waals surface area contributed by atoms with Crippen LogP contribution in [0.25, 0.3) is 0 Å². The number of aliphatic hydroxyl groups is 2. The van der Waals surface area contributed by atoms with Gasteiger partial charge in [0, 0.05) is 19.5 Å². The Morgan fingerprint density at radius 1 is 0.547 bits per heavy atom. The molecule has 34 heteroatoms. The fraction of sp³-hybridized carbons (Fsp3) is 0.788. The fourth-order valence-electron chi connectivity index (χ4n) is 8.62. The minimum atomic E-state index is -4.67. The van der Waals surface area contributed by atoms with Crippen LogP contribution in [0.2, 0.25) is 0 Å². The van der Waals surface area contributed by atoms with Crippen molar-refractivity contribution in [3.05, 3.63) is 0 Å². The molecule has 1 saturated heterocycles. The van der Waals surface area contributed by atoms with Crippen LogP contribution in [0, 0.1) is 23.7 Å². The van der Waals surface area contributed by atoms with Gasteiger partial charge in [-0.1, -0.05) is 54.4 Å². The Hall–Kier alpha value is -6.24. The van der Waals surface area contributed by atoms with Crippen LogP contribution < -0.4 is 87.2 Å². The highest BCUT2D eigenvalue weighted by Crippen LogP contribution is 2.14. The Kier molecular flexibility index (Phi) is 38.8. The second kappa shape index (κ2) is 41.8. The van der Waals surface area contributed by atoms with Gasteiger partial charge in [0.1, 0.15) is 54.4 Å². The van der Waals surface area contributed by atoms with Crippen molar-refractivity contribution >= 4 is 75.4 Å². The van der Waals surface area contributed by atoms with E-state index in [9.17, 15) is 63.0 Å². The lowest BCUT2D eigenvalue weighted by Crippen LogP contribution is -2.62. The molecule has 25 N–H and O–H groups in total. The molecule has 11 amide bonds. The Labute approximate surface area is 503 Å². The van der Waals surface area contributed by atoms with Gasteiger partial charge in [0.15, 0.2) is 0 Å². The van der Waals surface area contributed by atoms with E-state index in [0.717, 1.165) is 12.8 Å². The Morgan fingerprint density at radius 3 is 1.48 bits per heavy atom. The summed E-state index contributed by atoms with van der Waals surface area (Å²) in [6, 6.07) is -13.0. The average molecular weight is 1250 g/mol. The molecule has 0 aromatic heterocycles. The number of nitrogens with two attached hydrogens (primary N) is 5. The maximum absolute atomic E-state index is 14.4. The third-order valence-electron chi connectivity index (χ3n) is 13.4. The molecule has 0 radical (unpaired) electrons. The SMILES string of the molecule is CC(C)CCCCC(=O)N[C@H](CCN)C(=O)N[C@H](C(=O)N[C@H](CCN)C(=O)N[C@@H]1CCNC(=O)[C@H](C(C)O)NC(=O)[C@H](CCN)NC(=O)[C@H](CCN)NC(=O)[C@H](C(C)C)CNC(=O)[C@@H](CC(C)C)NC(=O)[C@H](CCN)NC1=O)[C@@H](C)O.O=S(=O)(O)O. The molecule has 0 saturated carbocycles. The van der Waals surface area contributed by atoms with E-state index in [0.29, 0.717) is 12.3 Å². The molecule has 12 atom stereocenters. The molecule has 0 aromatic carbocycles. The number of hydrogen-bond acceptors (Lipinski definition) is 20.